The van der Waals surface area contributed by atoms with E-state index in [0.717, 1.165) is 0 Å². The summed E-state index contributed by atoms with van der Waals surface area (Å²) in [6.45, 7) is 0. The third-order valence-corrected chi connectivity index (χ3v) is 3.11. The maximum atomic E-state index is 13.0. The smallest absolute Gasteiger partial charge is 0.236 e. The van der Waals surface area contributed by atoms with Crippen LogP contribution in [0.5, 0.6) is 0 Å². The van der Waals surface area contributed by atoms with Crippen LogP contribution >= 0.6 is 23.4 Å². The van der Waals surface area contributed by atoms with Crippen molar-refractivity contribution in [2.75, 3.05) is 5.75 Å². The Morgan fingerprint density at radius 3 is 3.06 bits per heavy atom. The van der Waals surface area contributed by atoms with Crippen LogP contribution in [-0.4, -0.2) is 15.9 Å². The molecule has 2 rings (SSSR count). The molecule has 0 amide bonds. The molecule has 0 atom stereocenters. The Bertz CT molecular complexity index is 596. The van der Waals surface area contributed by atoms with Gasteiger partial charge in [-0.1, -0.05) is 16.8 Å². The molecule has 0 aliphatic rings. The van der Waals surface area contributed by atoms with Gasteiger partial charge in [-0.15, -0.1) is 11.8 Å². The van der Waals surface area contributed by atoms with E-state index in [1.54, 1.807) is 0 Å². The lowest BCUT2D eigenvalue weighted by atomic mass is 10.2. The van der Waals surface area contributed by atoms with Crippen LogP contribution in [0.15, 0.2) is 22.7 Å². The van der Waals surface area contributed by atoms with Crippen LogP contribution in [0.4, 0.5) is 4.39 Å². The van der Waals surface area contributed by atoms with Gasteiger partial charge in [-0.05, 0) is 18.2 Å². The van der Waals surface area contributed by atoms with Gasteiger partial charge in [0, 0.05) is 5.56 Å². The third-order valence-electron chi connectivity index (χ3n) is 2.04. The molecule has 1 aromatic carbocycles. The van der Waals surface area contributed by atoms with Crippen molar-refractivity contribution in [2.24, 2.45) is 0 Å². The second kappa shape index (κ2) is 5.85. The maximum absolute atomic E-state index is 13.0. The first kappa shape index (κ1) is 12.9. The van der Waals surface area contributed by atoms with Gasteiger partial charge in [0.05, 0.1) is 22.6 Å². The second-order valence-corrected chi connectivity index (χ2v) is 4.68. The fraction of sp³-hybridized carbons (Fsp3) is 0.182. The molecule has 92 valence electrons. The Hall–Kier alpha value is -1.58. The van der Waals surface area contributed by atoms with Crippen LogP contribution in [0.2, 0.25) is 5.02 Å². The standard InChI is InChI=1S/C11H7ClFN3OS/c12-8-5-7(1-2-9(8)13)11-15-10(17-16-11)6-18-4-3-14/h1-2,5H,4,6H2. The number of thioether (sulfide) groups is 1. The van der Waals surface area contributed by atoms with E-state index in [2.05, 4.69) is 10.1 Å². The summed E-state index contributed by atoms with van der Waals surface area (Å²) in [5.74, 6) is 1.11. The van der Waals surface area contributed by atoms with Crippen molar-refractivity contribution in [3.8, 4) is 17.5 Å². The first-order chi connectivity index (χ1) is 8.70. The number of rotatable bonds is 4. The van der Waals surface area contributed by atoms with Gasteiger partial charge in [-0.3, -0.25) is 0 Å². The summed E-state index contributed by atoms with van der Waals surface area (Å²) < 4.78 is 18.0. The van der Waals surface area contributed by atoms with Crippen LogP contribution in [0.25, 0.3) is 11.4 Å². The molecule has 18 heavy (non-hydrogen) atoms. The van der Waals surface area contributed by atoms with Gasteiger partial charge in [0.25, 0.3) is 0 Å². The Morgan fingerprint density at radius 2 is 2.33 bits per heavy atom. The van der Waals surface area contributed by atoms with E-state index in [-0.39, 0.29) is 5.02 Å². The van der Waals surface area contributed by atoms with Gasteiger partial charge < -0.3 is 4.52 Å². The zero-order valence-corrected chi connectivity index (χ0v) is 10.6. The van der Waals surface area contributed by atoms with E-state index in [4.69, 9.17) is 21.4 Å². The molecule has 7 heteroatoms. The van der Waals surface area contributed by atoms with Crippen molar-refractivity contribution in [1.29, 1.82) is 5.26 Å². The van der Waals surface area contributed by atoms with Crippen LogP contribution in [0.1, 0.15) is 5.89 Å². The number of hydrogen-bond donors (Lipinski definition) is 0. The predicted octanol–water partition coefficient (Wildman–Crippen LogP) is 3.29. The fourth-order valence-corrected chi connectivity index (χ4v) is 1.92. The Kier molecular flexibility index (Phi) is 4.18. The highest BCUT2D eigenvalue weighted by Gasteiger charge is 2.10. The molecule has 0 unspecified atom stereocenters. The lowest BCUT2D eigenvalue weighted by Crippen LogP contribution is -1.85. The van der Waals surface area contributed by atoms with Crippen LogP contribution in [-0.2, 0) is 5.75 Å². The van der Waals surface area contributed by atoms with Crippen molar-refractivity contribution < 1.29 is 8.91 Å². The van der Waals surface area contributed by atoms with E-state index in [1.165, 1.54) is 30.0 Å². The average molecular weight is 284 g/mol. The summed E-state index contributed by atoms with van der Waals surface area (Å²) in [6.07, 6.45) is 0. The summed E-state index contributed by atoms with van der Waals surface area (Å²) in [7, 11) is 0. The number of benzene rings is 1. The van der Waals surface area contributed by atoms with Crippen molar-refractivity contribution in [3.05, 3.63) is 34.9 Å². The molecule has 0 radical (unpaired) electrons. The van der Waals surface area contributed by atoms with Gasteiger partial charge in [0.2, 0.25) is 11.7 Å². The topological polar surface area (TPSA) is 62.7 Å². The molecule has 0 spiro atoms. The van der Waals surface area contributed by atoms with Crippen molar-refractivity contribution in [1.82, 2.24) is 10.1 Å². The fourth-order valence-electron chi connectivity index (χ4n) is 1.25. The highest BCUT2D eigenvalue weighted by Crippen LogP contribution is 2.23. The Balaban J connectivity index is 2.14. The van der Waals surface area contributed by atoms with Crippen molar-refractivity contribution in [3.63, 3.8) is 0 Å². The third kappa shape index (κ3) is 3.00. The van der Waals surface area contributed by atoms with Gasteiger partial charge in [-0.2, -0.15) is 10.2 Å². The lowest BCUT2D eigenvalue weighted by molar-refractivity contribution is 0.391. The van der Waals surface area contributed by atoms with Gasteiger partial charge in [-0.25, -0.2) is 4.39 Å². The van der Waals surface area contributed by atoms with Crippen LogP contribution in [0, 0.1) is 17.1 Å². The quantitative estimate of drug-likeness (QED) is 0.806. The van der Waals surface area contributed by atoms with Crippen LogP contribution < -0.4 is 0 Å². The molecular weight excluding hydrogens is 277 g/mol. The SMILES string of the molecule is N#CCSCc1nc(-c2ccc(F)c(Cl)c2)no1. The monoisotopic (exact) mass is 283 g/mol. The summed E-state index contributed by atoms with van der Waals surface area (Å²) in [4.78, 5) is 4.13. The molecule has 4 nitrogen and oxygen atoms in total. The summed E-state index contributed by atoms with van der Waals surface area (Å²) in [6, 6.07) is 6.22. The molecule has 0 saturated heterocycles. The molecule has 0 fully saturated rings. The van der Waals surface area contributed by atoms with Crippen LogP contribution in [0.3, 0.4) is 0 Å². The first-order valence-electron chi connectivity index (χ1n) is 4.93. The zero-order chi connectivity index (χ0) is 13.0. The minimum atomic E-state index is -0.492. The molecule has 1 aromatic heterocycles. The van der Waals surface area contributed by atoms with Gasteiger partial charge in [0.15, 0.2) is 0 Å². The lowest BCUT2D eigenvalue weighted by Gasteiger charge is -1.96. The van der Waals surface area contributed by atoms with Gasteiger partial charge >= 0.3 is 0 Å². The maximum Gasteiger partial charge on any atom is 0.236 e. The molecule has 0 aliphatic carbocycles. The summed E-state index contributed by atoms with van der Waals surface area (Å²) >= 11 is 7.05. The minimum Gasteiger partial charge on any atom is -0.338 e. The molecule has 2 aromatic rings. The molecule has 0 bridgehead atoms. The molecule has 0 aliphatic heterocycles. The number of nitriles is 1. The molecule has 0 saturated carbocycles. The minimum absolute atomic E-state index is 0.0118. The Labute approximate surface area is 112 Å². The highest BCUT2D eigenvalue weighted by atomic mass is 35.5. The van der Waals surface area contributed by atoms with Crippen molar-refractivity contribution in [2.45, 2.75) is 5.75 Å². The van der Waals surface area contributed by atoms with E-state index < -0.39 is 5.82 Å². The number of halogens is 2. The summed E-state index contributed by atoms with van der Waals surface area (Å²) in [5, 5.41) is 12.2. The molecular formula is C11H7ClFN3OS. The number of nitrogens with zero attached hydrogens (tertiary/aromatic N) is 3. The number of hydrogen-bond acceptors (Lipinski definition) is 5. The zero-order valence-electron chi connectivity index (χ0n) is 9.06. The van der Waals surface area contributed by atoms with Crippen molar-refractivity contribution >= 4 is 23.4 Å². The highest BCUT2D eigenvalue weighted by molar-refractivity contribution is 7.98. The summed E-state index contributed by atoms with van der Waals surface area (Å²) in [5.41, 5.74) is 0.585. The molecule has 1 heterocycles. The van der Waals surface area contributed by atoms with E-state index in [0.29, 0.717) is 28.8 Å². The number of aromatic nitrogens is 2. The predicted molar refractivity (Wildman–Crippen MR) is 66.5 cm³/mol. The Morgan fingerprint density at radius 1 is 1.50 bits per heavy atom. The van der Waals surface area contributed by atoms with E-state index in [9.17, 15) is 4.39 Å². The largest absolute Gasteiger partial charge is 0.338 e. The van der Waals surface area contributed by atoms with Gasteiger partial charge in [0.1, 0.15) is 5.82 Å². The first-order valence-corrected chi connectivity index (χ1v) is 6.46. The normalized spacial score (nSPS) is 10.3. The average Bonchev–Trinajstić information content (AvgIpc) is 2.82. The molecule has 0 N–H and O–H groups in total. The van der Waals surface area contributed by atoms with E-state index in [1.807, 2.05) is 6.07 Å². The second-order valence-electron chi connectivity index (χ2n) is 3.29. The van der Waals surface area contributed by atoms with E-state index >= 15 is 0 Å².